The lowest BCUT2D eigenvalue weighted by Crippen LogP contribution is -2.50. The lowest BCUT2D eigenvalue weighted by atomic mass is 9.68. The van der Waals surface area contributed by atoms with Crippen molar-refractivity contribution in [1.29, 1.82) is 0 Å². The Labute approximate surface area is 138 Å². The topological polar surface area (TPSA) is 12.0 Å². The van der Waals surface area contributed by atoms with E-state index in [9.17, 15) is 0 Å². The van der Waals surface area contributed by atoms with Crippen LogP contribution in [0.1, 0.15) is 58.6 Å². The molecule has 0 radical (unpaired) electrons. The molecule has 0 aliphatic heterocycles. The van der Waals surface area contributed by atoms with Gasteiger partial charge in [0, 0.05) is 12.1 Å². The van der Waals surface area contributed by atoms with Crippen molar-refractivity contribution < 1.29 is 0 Å². The number of benzene rings is 1. The molecular formula is C18H25Cl2N. The fourth-order valence-electron chi connectivity index (χ4n) is 4.85. The van der Waals surface area contributed by atoms with Crippen molar-refractivity contribution >= 4 is 23.2 Å². The van der Waals surface area contributed by atoms with E-state index in [4.69, 9.17) is 23.2 Å². The molecular weight excluding hydrogens is 301 g/mol. The SMILES string of the molecule is CC(NC1C2(C)CCC(C2)C1(C)C)c1ccc(Cl)c(Cl)c1. The number of nitrogens with one attached hydrogen (secondary N) is 1. The van der Waals surface area contributed by atoms with Gasteiger partial charge in [-0.05, 0) is 60.6 Å². The molecule has 0 amide bonds. The largest absolute Gasteiger partial charge is 0.306 e. The van der Waals surface area contributed by atoms with Gasteiger partial charge in [-0.3, -0.25) is 0 Å². The predicted molar refractivity (Wildman–Crippen MR) is 91.0 cm³/mol. The highest BCUT2D eigenvalue weighted by atomic mass is 35.5. The van der Waals surface area contributed by atoms with Crippen molar-refractivity contribution in [3.8, 4) is 0 Å². The van der Waals surface area contributed by atoms with E-state index < -0.39 is 0 Å². The highest BCUT2D eigenvalue weighted by Gasteiger charge is 2.59. The molecule has 1 aromatic carbocycles. The molecule has 2 saturated carbocycles. The summed E-state index contributed by atoms with van der Waals surface area (Å²) >= 11 is 12.2. The Hall–Kier alpha value is -0.240. The van der Waals surface area contributed by atoms with Crippen molar-refractivity contribution in [3.05, 3.63) is 33.8 Å². The third kappa shape index (κ3) is 2.52. The van der Waals surface area contributed by atoms with Crippen LogP contribution < -0.4 is 5.32 Å². The van der Waals surface area contributed by atoms with E-state index >= 15 is 0 Å². The van der Waals surface area contributed by atoms with Gasteiger partial charge in [-0.25, -0.2) is 0 Å². The minimum Gasteiger partial charge on any atom is -0.306 e. The standard InChI is InChI=1S/C18H25Cl2N/c1-11(12-5-6-14(19)15(20)9-12)21-16-17(2,3)13-7-8-18(16,4)10-13/h5-6,9,11,13,16,21H,7-8,10H2,1-4H3. The van der Waals surface area contributed by atoms with E-state index in [1.165, 1.54) is 24.8 Å². The molecule has 0 aromatic heterocycles. The van der Waals surface area contributed by atoms with E-state index in [1.54, 1.807) is 0 Å². The molecule has 1 nitrogen and oxygen atoms in total. The fourth-order valence-corrected chi connectivity index (χ4v) is 5.15. The zero-order chi connectivity index (χ0) is 15.4. The molecule has 21 heavy (non-hydrogen) atoms. The quantitative estimate of drug-likeness (QED) is 0.733. The normalized spacial score (nSPS) is 35.1. The second kappa shape index (κ2) is 5.15. The Balaban J connectivity index is 1.81. The predicted octanol–water partition coefficient (Wildman–Crippen LogP) is 5.86. The summed E-state index contributed by atoms with van der Waals surface area (Å²) in [5, 5.41) is 5.17. The molecule has 0 heterocycles. The first-order valence-electron chi connectivity index (χ1n) is 7.95. The average molecular weight is 326 g/mol. The molecule has 4 atom stereocenters. The lowest BCUT2D eigenvalue weighted by molar-refractivity contribution is 0.100. The van der Waals surface area contributed by atoms with E-state index in [0.29, 0.717) is 33.0 Å². The van der Waals surface area contributed by atoms with Crippen LogP contribution in [0.25, 0.3) is 0 Å². The Morgan fingerprint density at radius 1 is 1.19 bits per heavy atom. The van der Waals surface area contributed by atoms with Gasteiger partial charge in [0.1, 0.15) is 0 Å². The molecule has 116 valence electrons. The molecule has 2 aliphatic carbocycles. The van der Waals surface area contributed by atoms with Gasteiger partial charge in [0.15, 0.2) is 0 Å². The first-order chi connectivity index (χ1) is 9.74. The van der Waals surface area contributed by atoms with Crippen LogP contribution in [0.5, 0.6) is 0 Å². The first kappa shape index (κ1) is 15.6. The van der Waals surface area contributed by atoms with Gasteiger partial charge in [0.25, 0.3) is 0 Å². The number of rotatable bonds is 3. The molecule has 0 saturated heterocycles. The maximum Gasteiger partial charge on any atom is 0.0595 e. The van der Waals surface area contributed by atoms with Crippen molar-refractivity contribution in [2.75, 3.05) is 0 Å². The average Bonchev–Trinajstić information content (AvgIpc) is 2.89. The van der Waals surface area contributed by atoms with E-state index in [0.717, 1.165) is 5.92 Å². The van der Waals surface area contributed by atoms with Crippen molar-refractivity contribution in [2.24, 2.45) is 16.7 Å². The minimum absolute atomic E-state index is 0.292. The van der Waals surface area contributed by atoms with Gasteiger partial charge in [-0.2, -0.15) is 0 Å². The Bertz CT molecular complexity index is 549. The number of fused-ring (bicyclic) bond motifs is 2. The highest BCUT2D eigenvalue weighted by Crippen LogP contribution is 2.62. The summed E-state index contributed by atoms with van der Waals surface area (Å²) in [6.07, 6.45) is 4.11. The zero-order valence-corrected chi connectivity index (χ0v) is 14.9. The Morgan fingerprint density at radius 2 is 1.90 bits per heavy atom. The van der Waals surface area contributed by atoms with E-state index in [2.05, 4.69) is 39.1 Å². The highest BCUT2D eigenvalue weighted by molar-refractivity contribution is 6.42. The van der Waals surface area contributed by atoms with Crippen LogP contribution in [-0.2, 0) is 0 Å². The summed E-state index contributed by atoms with van der Waals surface area (Å²) in [7, 11) is 0. The maximum atomic E-state index is 6.16. The van der Waals surface area contributed by atoms with Gasteiger partial charge in [-0.15, -0.1) is 0 Å². The van der Waals surface area contributed by atoms with Crippen LogP contribution in [0.2, 0.25) is 10.0 Å². The van der Waals surface area contributed by atoms with Crippen LogP contribution in [0.3, 0.4) is 0 Å². The first-order valence-corrected chi connectivity index (χ1v) is 8.70. The van der Waals surface area contributed by atoms with Crippen LogP contribution in [0, 0.1) is 16.7 Å². The molecule has 2 aliphatic rings. The summed E-state index contributed by atoms with van der Waals surface area (Å²) in [5.74, 6) is 0.862. The summed E-state index contributed by atoms with van der Waals surface area (Å²) < 4.78 is 0. The Morgan fingerprint density at radius 3 is 2.48 bits per heavy atom. The monoisotopic (exact) mass is 325 g/mol. The summed E-state index contributed by atoms with van der Waals surface area (Å²) in [6, 6.07) is 6.82. The van der Waals surface area contributed by atoms with Crippen LogP contribution in [0.4, 0.5) is 0 Å². The van der Waals surface area contributed by atoms with Crippen molar-refractivity contribution in [2.45, 2.75) is 59.0 Å². The molecule has 3 rings (SSSR count). The maximum absolute atomic E-state index is 6.16. The summed E-state index contributed by atoms with van der Waals surface area (Å²) in [4.78, 5) is 0. The molecule has 1 N–H and O–H groups in total. The third-order valence-electron chi connectivity index (χ3n) is 6.13. The van der Waals surface area contributed by atoms with Gasteiger partial charge < -0.3 is 5.32 Å². The van der Waals surface area contributed by atoms with Gasteiger partial charge in [0.05, 0.1) is 10.0 Å². The number of halogens is 2. The minimum atomic E-state index is 0.292. The number of hydrogen-bond acceptors (Lipinski definition) is 1. The third-order valence-corrected chi connectivity index (χ3v) is 6.87. The summed E-state index contributed by atoms with van der Waals surface area (Å²) in [6.45, 7) is 9.55. The van der Waals surface area contributed by atoms with Gasteiger partial charge >= 0.3 is 0 Å². The second-order valence-corrected chi connectivity index (χ2v) is 8.72. The molecule has 1 aromatic rings. The number of hydrogen-bond donors (Lipinski definition) is 1. The van der Waals surface area contributed by atoms with Crippen LogP contribution >= 0.6 is 23.2 Å². The van der Waals surface area contributed by atoms with E-state index in [1.807, 2.05) is 12.1 Å². The molecule has 4 unspecified atom stereocenters. The fraction of sp³-hybridized carbons (Fsp3) is 0.667. The molecule has 2 bridgehead atoms. The molecule has 2 fully saturated rings. The van der Waals surface area contributed by atoms with Crippen LogP contribution in [-0.4, -0.2) is 6.04 Å². The smallest absolute Gasteiger partial charge is 0.0595 e. The lowest BCUT2D eigenvalue weighted by Gasteiger charge is -2.44. The second-order valence-electron chi connectivity index (χ2n) is 7.91. The van der Waals surface area contributed by atoms with Gasteiger partial charge in [0.2, 0.25) is 0 Å². The molecule has 0 spiro atoms. The van der Waals surface area contributed by atoms with Gasteiger partial charge in [-0.1, -0.05) is 50.0 Å². The summed E-state index contributed by atoms with van der Waals surface area (Å²) in [5.41, 5.74) is 2.03. The van der Waals surface area contributed by atoms with E-state index in [-0.39, 0.29) is 0 Å². The Kier molecular flexibility index (Phi) is 3.83. The van der Waals surface area contributed by atoms with Crippen molar-refractivity contribution in [1.82, 2.24) is 5.32 Å². The zero-order valence-electron chi connectivity index (χ0n) is 13.3. The van der Waals surface area contributed by atoms with Crippen LogP contribution in [0.15, 0.2) is 18.2 Å². The van der Waals surface area contributed by atoms with Crippen molar-refractivity contribution in [3.63, 3.8) is 0 Å². The molecule has 3 heteroatoms.